The summed E-state index contributed by atoms with van der Waals surface area (Å²) < 4.78 is 26.2. The zero-order valence-corrected chi connectivity index (χ0v) is 12.0. The Morgan fingerprint density at radius 1 is 1.58 bits per heavy atom. The summed E-state index contributed by atoms with van der Waals surface area (Å²) in [5.74, 6) is -1.29. The van der Waals surface area contributed by atoms with E-state index in [1.807, 2.05) is 0 Å². The van der Waals surface area contributed by atoms with Crippen LogP contribution in [0, 0.1) is 12.8 Å². The minimum absolute atomic E-state index is 0.0551. The molecule has 8 heteroatoms. The van der Waals surface area contributed by atoms with Crippen molar-refractivity contribution in [1.29, 1.82) is 0 Å². The molecule has 0 aliphatic carbocycles. The number of hydrogen-bond acceptors (Lipinski definition) is 5. The van der Waals surface area contributed by atoms with Crippen LogP contribution >= 0.6 is 11.3 Å². The van der Waals surface area contributed by atoms with Crippen LogP contribution in [-0.4, -0.2) is 48.6 Å². The van der Waals surface area contributed by atoms with E-state index in [-0.39, 0.29) is 28.8 Å². The van der Waals surface area contributed by atoms with Crippen LogP contribution in [0.1, 0.15) is 21.7 Å². The number of sulfonamides is 1. The molecule has 1 saturated heterocycles. The maximum Gasteiger partial charge on any atom is 0.347 e. The van der Waals surface area contributed by atoms with Gasteiger partial charge in [0.1, 0.15) is 9.77 Å². The van der Waals surface area contributed by atoms with Crippen molar-refractivity contribution in [2.24, 2.45) is 5.92 Å². The summed E-state index contributed by atoms with van der Waals surface area (Å²) in [6.07, 6.45) is 0.599. The topological polar surface area (TPSA) is 94.9 Å². The minimum Gasteiger partial charge on any atom is -0.477 e. The molecule has 19 heavy (non-hydrogen) atoms. The number of rotatable bonds is 4. The van der Waals surface area contributed by atoms with E-state index in [0.717, 1.165) is 11.3 Å². The third kappa shape index (κ3) is 2.53. The van der Waals surface area contributed by atoms with Crippen molar-refractivity contribution in [3.63, 3.8) is 0 Å². The number of aryl methyl sites for hydroxylation is 1. The van der Waals surface area contributed by atoms with Gasteiger partial charge in [-0.1, -0.05) is 0 Å². The van der Waals surface area contributed by atoms with Crippen LogP contribution in [0.3, 0.4) is 0 Å². The molecule has 2 N–H and O–H groups in total. The molecule has 1 fully saturated rings. The molecule has 2 rings (SSSR count). The largest absolute Gasteiger partial charge is 0.477 e. The van der Waals surface area contributed by atoms with Gasteiger partial charge in [-0.2, -0.15) is 4.31 Å². The number of carboxylic acids is 1. The number of aliphatic hydroxyl groups is 1. The molecule has 6 nitrogen and oxygen atoms in total. The van der Waals surface area contributed by atoms with Gasteiger partial charge in [-0.3, -0.25) is 0 Å². The molecule has 1 aromatic rings. The first-order valence-corrected chi connectivity index (χ1v) is 8.12. The Morgan fingerprint density at radius 2 is 2.26 bits per heavy atom. The molecule has 1 aromatic heterocycles. The summed E-state index contributed by atoms with van der Waals surface area (Å²) in [5, 5.41) is 19.7. The highest BCUT2D eigenvalue weighted by atomic mass is 32.2. The lowest BCUT2D eigenvalue weighted by Crippen LogP contribution is -2.30. The number of carboxylic acid groups (broad SMARTS) is 1. The van der Waals surface area contributed by atoms with Crippen LogP contribution in [0.2, 0.25) is 0 Å². The van der Waals surface area contributed by atoms with Crippen LogP contribution in [0.5, 0.6) is 0 Å². The van der Waals surface area contributed by atoms with Crippen molar-refractivity contribution in [3.05, 3.63) is 15.8 Å². The summed E-state index contributed by atoms with van der Waals surface area (Å²) in [5.41, 5.74) is 0.454. The van der Waals surface area contributed by atoms with Crippen LogP contribution in [0.15, 0.2) is 10.3 Å². The lowest BCUT2D eigenvalue weighted by Gasteiger charge is -2.16. The molecule has 1 aliphatic rings. The van der Waals surface area contributed by atoms with Crippen molar-refractivity contribution < 1.29 is 23.4 Å². The maximum atomic E-state index is 12.5. The van der Waals surface area contributed by atoms with Gasteiger partial charge in [-0.05, 0) is 30.2 Å². The number of aromatic carboxylic acids is 1. The van der Waals surface area contributed by atoms with E-state index in [1.54, 1.807) is 6.92 Å². The second-order valence-corrected chi connectivity index (χ2v) is 7.34. The first kappa shape index (κ1) is 14.4. The van der Waals surface area contributed by atoms with Crippen molar-refractivity contribution >= 4 is 27.3 Å². The highest BCUT2D eigenvalue weighted by Crippen LogP contribution is 2.32. The zero-order valence-electron chi connectivity index (χ0n) is 10.4. The number of carbonyl (C=O) groups is 1. The van der Waals surface area contributed by atoms with Gasteiger partial charge in [0.2, 0.25) is 10.0 Å². The number of hydrogen-bond donors (Lipinski definition) is 2. The minimum atomic E-state index is -3.79. The zero-order chi connectivity index (χ0) is 14.2. The molecule has 0 amide bonds. The lowest BCUT2D eigenvalue weighted by molar-refractivity contribution is 0.0698. The third-order valence-electron chi connectivity index (χ3n) is 3.22. The van der Waals surface area contributed by atoms with Gasteiger partial charge in [0.25, 0.3) is 0 Å². The average Bonchev–Trinajstić information content (AvgIpc) is 2.94. The van der Waals surface area contributed by atoms with E-state index < -0.39 is 16.0 Å². The van der Waals surface area contributed by atoms with Crippen LogP contribution < -0.4 is 0 Å². The fourth-order valence-corrected chi connectivity index (χ4v) is 5.31. The monoisotopic (exact) mass is 305 g/mol. The Kier molecular flexibility index (Phi) is 3.95. The van der Waals surface area contributed by atoms with E-state index in [2.05, 4.69) is 0 Å². The lowest BCUT2D eigenvalue weighted by atomic mass is 10.1. The number of aliphatic hydroxyl groups excluding tert-OH is 1. The molecule has 0 saturated carbocycles. The number of nitrogens with zero attached hydrogens (tertiary/aromatic N) is 1. The van der Waals surface area contributed by atoms with Crippen molar-refractivity contribution in [2.45, 2.75) is 18.2 Å². The Balaban J connectivity index is 2.41. The molecule has 1 atom stereocenters. The Labute approximate surface area is 115 Å². The summed E-state index contributed by atoms with van der Waals surface area (Å²) in [7, 11) is -3.79. The van der Waals surface area contributed by atoms with E-state index in [4.69, 9.17) is 10.2 Å². The Morgan fingerprint density at radius 3 is 2.79 bits per heavy atom. The molecule has 106 valence electrons. The molecule has 0 radical (unpaired) electrons. The number of thiophene rings is 1. The van der Waals surface area contributed by atoms with Gasteiger partial charge in [0, 0.05) is 19.7 Å². The van der Waals surface area contributed by atoms with Crippen molar-refractivity contribution in [1.82, 2.24) is 4.31 Å². The van der Waals surface area contributed by atoms with Gasteiger partial charge >= 0.3 is 5.97 Å². The van der Waals surface area contributed by atoms with Crippen molar-refractivity contribution in [2.75, 3.05) is 19.7 Å². The fourth-order valence-electron chi connectivity index (χ4n) is 2.20. The van der Waals surface area contributed by atoms with Crippen LogP contribution in [-0.2, 0) is 10.0 Å². The molecular formula is C11H15NO5S2. The Hall–Kier alpha value is -0.960. The molecule has 0 aromatic carbocycles. The molecule has 1 aliphatic heterocycles. The summed E-state index contributed by atoms with van der Waals surface area (Å²) in [4.78, 5) is 10.8. The van der Waals surface area contributed by atoms with E-state index in [0.29, 0.717) is 18.5 Å². The normalized spacial score (nSPS) is 20.8. The van der Waals surface area contributed by atoms with Gasteiger partial charge in [0.15, 0.2) is 0 Å². The molecular weight excluding hydrogens is 290 g/mol. The van der Waals surface area contributed by atoms with Gasteiger partial charge in [-0.15, -0.1) is 11.3 Å². The summed E-state index contributed by atoms with van der Waals surface area (Å²) in [6, 6.07) is 0. The molecule has 1 unspecified atom stereocenters. The quantitative estimate of drug-likeness (QED) is 0.856. The Bertz CT molecular complexity index is 592. The van der Waals surface area contributed by atoms with E-state index in [9.17, 15) is 13.2 Å². The second-order valence-electron chi connectivity index (χ2n) is 4.58. The highest BCUT2D eigenvalue weighted by molar-refractivity contribution is 7.89. The van der Waals surface area contributed by atoms with Crippen LogP contribution in [0.25, 0.3) is 0 Å². The summed E-state index contributed by atoms with van der Waals surface area (Å²) in [6.45, 7) is 2.10. The molecule has 0 spiro atoms. The van der Waals surface area contributed by atoms with Gasteiger partial charge in [0.05, 0.1) is 0 Å². The van der Waals surface area contributed by atoms with E-state index >= 15 is 0 Å². The molecule has 2 heterocycles. The first-order valence-electron chi connectivity index (χ1n) is 5.80. The molecule has 0 bridgehead atoms. The van der Waals surface area contributed by atoms with E-state index in [1.165, 1.54) is 9.69 Å². The maximum absolute atomic E-state index is 12.5. The smallest absolute Gasteiger partial charge is 0.347 e. The fraction of sp³-hybridized carbons (Fsp3) is 0.545. The third-order valence-corrected chi connectivity index (χ3v) is 6.49. The summed E-state index contributed by atoms with van der Waals surface area (Å²) >= 11 is 0.922. The first-order chi connectivity index (χ1) is 8.87. The predicted molar refractivity (Wildman–Crippen MR) is 70.0 cm³/mol. The van der Waals surface area contributed by atoms with Gasteiger partial charge < -0.3 is 10.2 Å². The van der Waals surface area contributed by atoms with Crippen LogP contribution in [0.4, 0.5) is 0 Å². The predicted octanol–water partition coefficient (Wildman–Crippen LogP) is 0.758. The van der Waals surface area contributed by atoms with Crippen molar-refractivity contribution in [3.8, 4) is 0 Å². The SMILES string of the molecule is Cc1csc(C(=O)O)c1S(=O)(=O)N1CCC(CO)C1. The van der Waals surface area contributed by atoms with Gasteiger partial charge in [-0.25, -0.2) is 13.2 Å². The highest BCUT2D eigenvalue weighted by Gasteiger charge is 2.36. The standard InChI is InChI=1S/C11H15NO5S2/c1-7-6-18-9(11(14)15)10(7)19(16,17)12-3-2-8(4-12)5-13/h6,8,13H,2-5H2,1H3,(H,14,15). The average molecular weight is 305 g/mol. The second kappa shape index (κ2) is 5.20.